The largest absolute Gasteiger partial charge is 0.480 e. The summed E-state index contributed by atoms with van der Waals surface area (Å²) in [6.07, 6.45) is 3.45. The van der Waals surface area contributed by atoms with Gasteiger partial charge in [-0.15, -0.1) is 0 Å². The van der Waals surface area contributed by atoms with E-state index in [1.165, 1.54) is 0 Å². The Kier molecular flexibility index (Phi) is 2.78. The molecule has 0 saturated heterocycles. The highest BCUT2D eigenvalue weighted by molar-refractivity contribution is 5.80. The predicted octanol–water partition coefficient (Wildman–Crippen LogP) is 1.18. The van der Waals surface area contributed by atoms with E-state index in [9.17, 15) is 4.79 Å². The number of imidazole rings is 1. The Hall–Kier alpha value is -1.52. The molecule has 0 aromatic carbocycles. The summed E-state index contributed by atoms with van der Waals surface area (Å²) >= 11 is 0. The minimum absolute atomic E-state index is 0.583. The number of hydrogen-bond acceptors (Lipinski definition) is 3. The molecule has 1 heterocycles. The summed E-state index contributed by atoms with van der Waals surface area (Å²) in [6.45, 7) is 5.94. The van der Waals surface area contributed by atoms with Crippen molar-refractivity contribution in [2.45, 2.75) is 32.9 Å². The SMILES string of the molecule is CCn1ccnc1NC(C)(C)C(=O)O. The van der Waals surface area contributed by atoms with Crippen molar-refractivity contribution in [2.24, 2.45) is 0 Å². The van der Waals surface area contributed by atoms with E-state index in [-0.39, 0.29) is 0 Å². The maximum Gasteiger partial charge on any atom is 0.328 e. The Morgan fingerprint density at radius 1 is 1.71 bits per heavy atom. The second-order valence-electron chi connectivity index (χ2n) is 3.59. The zero-order chi connectivity index (χ0) is 10.8. The molecule has 0 aliphatic heterocycles. The van der Waals surface area contributed by atoms with E-state index in [2.05, 4.69) is 10.3 Å². The van der Waals surface area contributed by atoms with Crippen LogP contribution in [0.25, 0.3) is 0 Å². The van der Waals surface area contributed by atoms with Crippen molar-refractivity contribution in [3.8, 4) is 0 Å². The van der Waals surface area contributed by atoms with Crippen LogP contribution >= 0.6 is 0 Å². The lowest BCUT2D eigenvalue weighted by molar-refractivity contribution is -0.141. The van der Waals surface area contributed by atoms with Gasteiger partial charge in [-0.3, -0.25) is 0 Å². The summed E-state index contributed by atoms with van der Waals surface area (Å²) in [4.78, 5) is 14.9. The molecule has 1 aromatic heterocycles. The Balaban J connectivity index is 2.83. The smallest absolute Gasteiger partial charge is 0.328 e. The lowest BCUT2D eigenvalue weighted by atomic mass is 10.1. The first-order chi connectivity index (χ1) is 6.47. The molecule has 0 atom stereocenters. The van der Waals surface area contributed by atoms with Crippen molar-refractivity contribution in [1.82, 2.24) is 9.55 Å². The predicted molar refractivity (Wildman–Crippen MR) is 53.2 cm³/mol. The molecule has 0 bridgehead atoms. The van der Waals surface area contributed by atoms with Crippen molar-refractivity contribution in [1.29, 1.82) is 0 Å². The third-order valence-corrected chi connectivity index (χ3v) is 2.02. The third kappa shape index (κ3) is 2.04. The number of nitrogens with zero attached hydrogens (tertiary/aromatic N) is 2. The lowest BCUT2D eigenvalue weighted by Gasteiger charge is -2.21. The quantitative estimate of drug-likeness (QED) is 0.760. The Labute approximate surface area is 82.8 Å². The first-order valence-electron chi connectivity index (χ1n) is 4.50. The molecule has 2 N–H and O–H groups in total. The molecule has 5 nitrogen and oxygen atoms in total. The van der Waals surface area contributed by atoms with Crippen LogP contribution in [0, 0.1) is 0 Å². The van der Waals surface area contributed by atoms with Gasteiger partial charge < -0.3 is 15.0 Å². The van der Waals surface area contributed by atoms with Crippen LogP contribution in [0.5, 0.6) is 0 Å². The van der Waals surface area contributed by atoms with Crippen LogP contribution in [0.4, 0.5) is 5.95 Å². The van der Waals surface area contributed by atoms with Crippen LogP contribution in [0.3, 0.4) is 0 Å². The average Bonchev–Trinajstić information content (AvgIpc) is 2.50. The monoisotopic (exact) mass is 197 g/mol. The van der Waals surface area contributed by atoms with Gasteiger partial charge in [-0.2, -0.15) is 0 Å². The van der Waals surface area contributed by atoms with Gasteiger partial charge in [0.1, 0.15) is 5.54 Å². The molecular formula is C9H15N3O2. The van der Waals surface area contributed by atoms with Crippen molar-refractivity contribution in [3.63, 3.8) is 0 Å². The number of anilines is 1. The van der Waals surface area contributed by atoms with Crippen molar-refractivity contribution in [2.75, 3.05) is 5.32 Å². The number of aryl methyl sites for hydroxylation is 1. The Morgan fingerprint density at radius 2 is 2.36 bits per heavy atom. The van der Waals surface area contributed by atoms with Crippen LogP contribution in [0.15, 0.2) is 12.4 Å². The number of nitrogens with one attached hydrogen (secondary N) is 1. The van der Waals surface area contributed by atoms with Crippen LogP contribution in [-0.2, 0) is 11.3 Å². The summed E-state index contributed by atoms with van der Waals surface area (Å²) in [6, 6.07) is 0. The molecule has 1 aromatic rings. The summed E-state index contributed by atoms with van der Waals surface area (Å²) < 4.78 is 1.85. The topological polar surface area (TPSA) is 67.2 Å². The van der Waals surface area contributed by atoms with Gasteiger partial charge in [-0.25, -0.2) is 9.78 Å². The molecule has 0 fully saturated rings. The van der Waals surface area contributed by atoms with Crippen molar-refractivity contribution < 1.29 is 9.90 Å². The molecule has 0 saturated carbocycles. The number of carboxylic acids is 1. The second-order valence-corrected chi connectivity index (χ2v) is 3.59. The van der Waals surface area contributed by atoms with Gasteiger partial charge in [-0.05, 0) is 20.8 Å². The summed E-state index contributed by atoms with van der Waals surface area (Å²) in [5, 5.41) is 11.8. The average molecular weight is 197 g/mol. The minimum atomic E-state index is -1.00. The summed E-state index contributed by atoms with van der Waals surface area (Å²) in [7, 11) is 0. The first-order valence-corrected chi connectivity index (χ1v) is 4.50. The maximum atomic E-state index is 10.8. The molecule has 1 rings (SSSR count). The van der Waals surface area contributed by atoms with Crippen LogP contribution in [0.1, 0.15) is 20.8 Å². The number of aromatic nitrogens is 2. The number of hydrogen-bond donors (Lipinski definition) is 2. The van der Waals surface area contributed by atoms with E-state index in [4.69, 9.17) is 5.11 Å². The van der Waals surface area contributed by atoms with E-state index in [1.807, 2.05) is 11.5 Å². The molecule has 0 radical (unpaired) electrons. The molecular weight excluding hydrogens is 182 g/mol. The van der Waals surface area contributed by atoms with E-state index < -0.39 is 11.5 Å². The highest BCUT2D eigenvalue weighted by atomic mass is 16.4. The lowest BCUT2D eigenvalue weighted by Crippen LogP contribution is -2.40. The molecule has 0 amide bonds. The molecule has 0 spiro atoms. The fourth-order valence-corrected chi connectivity index (χ4v) is 1.02. The van der Waals surface area contributed by atoms with Gasteiger partial charge in [0, 0.05) is 18.9 Å². The Bertz CT molecular complexity index is 331. The number of aliphatic carboxylic acids is 1. The van der Waals surface area contributed by atoms with Crippen molar-refractivity contribution in [3.05, 3.63) is 12.4 Å². The molecule has 5 heteroatoms. The number of rotatable bonds is 4. The highest BCUT2D eigenvalue weighted by Gasteiger charge is 2.27. The zero-order valence-corrected chi connectivity index (χ0v) is 8.61. The zero-order valence-electron chi connectivity index (χ0n) is 8.61. The van der Waals surface area contributed by atoms with E-state index in [1.54, 1.807) is 26.2 Å². The maximum absolute atomic E-state index is 10.8. The van der Waals surface area contributed by atoms with Crippen LogP contribution < -0.4 is 5.32 Å². The van der Waals surface area contributed by atoms with Gasteiger partial charge in [0.15, 0.2) is 0 Å². The number of carboxylic acid groups (broad SMARTS) is 1. The standard InChI is InChI=1S/C9H15N3O2/c1-4-12-6-5-10-8(12)11-9(2,3)7(13)14/h5-6H,4H2,1-3H3,(H,10,11)(H,13,14). The Morgan fingerprint density at radius 3 is 2.86 bits per heavy atom. The first kappa shape index (κ1) is 10.6. The summed E-state index contributed by atoms with van der Waals surface area (Å²) in [5.41, 5.74) is -1.00. The van der Waals surface area contributed by atoms with Gasteiger partial charge in [-0.1, -0.05) is 0 Å². The highest BCUT2D eigenvalue weighted by Crippen LogP contribution is 2.13. The van der Waals surface area contributed by atoms with E-state index in [0.29, 0.717) is 5.95 Å². The molecule has 0 aliphatic rings. The molecule has 0 aliphatic carbocycles. The third-order valence-electron chi connectivity index (χ3n) is 2.02. The van der Waals surface area contributed by atoms with Crippen molar-refractivity contribution >= 4 is 11.9 Å². The molecule has 14 heavy (non-hydrogen) atoms. The normalized spacial score (nSPS) is 11.4. The minimum Gasteiger partial charge on any atom is -0.480 e. The van der Waals surface area contributed by atoms with Gasteiger partial charge in [0.25, 0.3) is 0 Å². The van der Waals surface area contributed by atoms with Gasteiger partial charge in [0.2, 0.25) is 5.95 Å². The van der Waals surface area contributed by atoms with Gasteiger partial charge in [0.05, 0.1) is 0 Å². The molecule has 78 valence electrons. The van der Waals surface area contributed by atoms with Gasteiger partial charge >= 0.3 is 5.97 Å². The fourth-order valence-electron chi connectivity index (χ4n) is 1.02. The van der Waals surface area contributed by atoms with Crippen LogP contribution in [-0.4, -0.2) is 26.2 Å². The molecule has 0 unspecified atom stereocenters. The van der Waals surface area contributed by atoms with E-state index >= 15 is 0 Å². The summed E-state index contributed by atoms with van der Waals surface area (Å²) in [5.74, 6) is -0.317. The van der Waals surface area contributed by atoms with E-state index in [0.717, 1.165) is 6.54 Å². The van der Waals surface area contributed by atoms with Crippen LogP contribution in [0.2, 0.25) is 0 Å². The fraction of sp³-hybridized carbons (Fsp3) is 0.556. The number of carbonyl (C=O) groups is 1. The second kappa shape index (κ2) is 3.69.